The maximum absolute atomic E-state index is 13.7. The van der Waals surface area contributed by atoms with Gasteiger partial charge in [-0.15, -0.1) is 0 Å². The molecule has 4 heteroatoms. The molecule has 0 saturated carbocycles. The molecule has 1 aliphatic rings. The Bertz CT molecular complexity index is 676. The highest BCUT2D eigenvalue weighted by atomic mass is 19.1. The fourth-order valence-electron chi connectivity index (χ4n) is 3.48. The standard InChI is InChI=1S/C21H27FN2O/c1-2-24-13-7-10-19(24)15-23-14-17-8-4-6-12-21(17)25-16-18-9-3-5-11-20(18)22/h3-6,8-9,11-12,19,23H,2,7,10,13-16H2,1H3/t19-/m0/s1. The van der Waals surface area contributed by atoms with E-state index in [2.05, 4.69) is 23.2 Å². The van der Waals surface area contributed by atoms with Crippen LogP contribution in [0.4, 0.5) is 4.39 Å². The number of likely N-dealkylation sites (N-methyl/N-ethyl adjacent to an activating group) is 1. The molecular weight excluding hydrogens is 315 g/mol. The van der Waals surface area contributed by atoms with Crippen LogP contribution in [0, 0.1) is 5.82 Å². The van der Waals surface area contributed by atoms with E-state index in [4.69, 9.17) is 4.74 Å². The molecule has 1 atom stereocenters. The number of benzene rings is 2. The van der Waals surface area contributed by atoms with Crippen LogP contribution in [-0.2, 0) is 13.2 Å². The Morgan fingerprint density at radius 1 is 1.12 bits per heavy atom. The number of likely N-dealkylation sites (tertiary alicyclic amines) is 1. The Balaban J connectivity index is 1.55. The zero-order chi connectivity index (χ0) is 17.5. The van der Waals surface area contributed by atoms with E-state index in [1.165, 1.54) is 25.5 Å². The monoisotopic (exact) mass is 342 g/mol. The van der Waals surface area contributed by atoms with Crippen molar-refractivity contribution in [3.8, 4) is 5.75 Å². The molecule has 1 fully saturated rings. The molecule has 0 bridgehead atoms. The van der Waals surface area contributed by atoms with E-state index in [0.717, 1.165) is 30.9 Å². The molecule has 0 amide bonds. The van der Waals surface area contributed by atoms with E-state index in [1.807, 2.05) is 24.3 Å². The molecule has 1 saturated heterocycles. The minimum Gasteiger partial charge on any atom is -0.488 e. The van der Waals surface area contributed by atoms with Crippen LogP contribution in [0.3, 0.4) is 0 Å². The number of ether oxygens (including phenoxy) is 1. The second-order valence-electron chi connectivity index (χ2n) is 6.54. The molecule has 0 aliphatic carbocycles. The number of para-hydroxylation sites is 1. The molecule has 0 aromatic heterocycles. The van der Waals surface area contributed by atoms with Gasteiger partial charge in [-0.1, -0.05) is 43.3 Å². The van der Waals surface area contributed by atoms with Crippen molar-refractivity contribution in [3.05, 3.63) is 65.5 Å². The lowest BCUT2D eigenvalue weighted by molar-refractivity contribution is 0.258. The van der Waals surface area contributed by atoms with Gasteiger partial charge >= 0.3 is 0 Å². The second kappa shape index (κ2) is 8.97. The molecule has 2 aromatic rings. The van der Waals surface area contributed by atoms with Crippen LogP contribution < -0.4 is 10.1 Å². The predicted molar refractivity (Wildman–Crippen MR) is 99.1 cm³/mol. The molecule has 3 nitrogen and oxygen atoms in total. The van der Waals surface area contributed by atoms with Crippen LogP contribution in [0.25, 0.3) is 0 Å². The first kappa shape index (κ1) is 17.9. The van der Waals surface area contributed by atoms with Crippen LogP contribution in [0.2, 0.25) is 0 Å². The summed E-state index contributed by atoms with van der Waals surface area (Å²) in [4.78, 5) is 2.54. The molecule has 1 heterocycles. The van der Waals surface area contributed by atoms with Crippen LogP contribution in [0.5, 0.6) is 5.75 Å². The first-order valence-corrected chi connectivity index (χ1v) is 9.16. The van der Waals surface area contributed by atoms with Crippen LogP contribution in [-0.4, -0.2) is 30.6 Å². The van der Waals surface area contributed by atoms with Gasteiger partial charge in [0.05, 0.1) is 0 Å². The average Bonchev–Trinajstić information content (AvgIpc) is 3.09. The molecule has 2 aromatic carbocycles. The summed E-state index contributed by atoms with van der Waals surface area (Å²) >= 11 is 0. The first-order valence-electron chi connectivity index (χ1n) is 9.16. The maximum atomic E-state index is 13.7. The third-order valence-corrected chi connectivity index (χ3v) is 4.91. The van der Waals surface area contributed by atoms with Crippen molar-refractivity contribution >= 4 is 0 Å². The third-order valence-electron chi connectivity index (χ3n) is 4.91. The van der Waals surface area contributed by atoms with Gasteiger partial charge in [0.1, 0.15) is 18.2 Å². The highest BCUT2D eigenvalue weighted by Crippen LogP contribution is 2.21. The first-order chi connectivity index (χ1) is 12.3. The lowest BCUT2D eigenvalue weighted by Crippen LogP contribution is -2.37. The SMILES string of the molecule is CCN1CCC[C@H]1CNCc1ccccc1OCc1ccccc1F. The van der Waals surface area contributed by atoms with Crippen molar-refractivity contribution in [1.82, 2.24) is 10.2 Å². The van der Waals surface area contributed by atoms with Gasteiger partial charge in [0, 0.05) is 30.3 Å². The van der Waals surface area contributed by atoms with Crippen molar-refractivity contribution in [2.45, 2.75) is 39.0 Å². The minimum atomic E-state index is -0.223. The molecule has 1 N–H and O–H groups in total. The lowest BCUT2D eigenvalue weighted by Gasteiger charge is -2.23. The Kier molecular flexibility index (Phi) is 6.42. The fourth-order valence-corrected chi connectivity index (χ4v) is 3.48. The van der Waals surface area contributed by atoms with Gasteiger partial charge in [-0.3, -0.25) is 4.90 Å². The molecule has 0 unspecified atom stereocenters. The van der Waals surface area contributed by atoms with Gasteiger partial charge in [-0.05, 0) is 38.1 Å². The van der Waals surface area contributed by atoms with Gasteiger partial charge in [0.2, 0.25) is 0 Å². The summed E-state index contributed by atoms with van der Waals surface area (Å²) in [6.07, 6.45) is 2.56. The van der Waals surface area contributed by atoms with E-state index in [1.54, 1.807) is 12.1 Å². The average molecular weight is 342 g/mol. The highest BCUT2D eigenvalue weighted by Gasteiger charge is 2.22. The molecule has 3 rings (SSSR count). The molecule has 134 valence electrons. The number of nitrogens with one attached hydrogen (secondary N) is 1. The number of rotatable bonds is 8. The van der Waals surface area contributed by atoms with Crippen molar-refractivity contribution in [3.63, 3.8) is 0 Å². The van der Waals surface area contributed by atoms with E-state index >= 15 is 0 Å². The summed E-state index contributed by atoms with van der Waals surface area (Å²) in [6, 6.07) is 15.4. The largest absolute Gasteiger partial charge is 0.488 e. The van der Waals surface area contributed by atoms with Gasteiger partial charge in [-0.25, -0.2) is 4.39 Å². The topological polar surface area (TPSA) is 24.5 Å². The van der Waals surface area contributed by atoms with Gasteiger partial charge < -0.3 is 10.1 Å². The smallest absolute Gasteiger partial charge is 0.129 e. The highest BCUT2D eigenvalue weighted by molar-refractivity contribution is 5.33. The normalized spacial score (nSPS) is 17.8. The zero-order valence-corrected chi connectivity index (χ0v) is 14.9. The van der Waals surface area contributed by atoms with Gasteiger partial charge in [0.25, 0.3) is 0 Å². The van der Waals surface area contributed by atoms with E-state index in [0.29, 0.717) is 11.6 Å². The predicted octanol–water partition coefficient (Wildman–Crippen LogP) is 3.98. The molecule has 0 radical (unpaired) electrons. The number of nitrogens with zero attached hydrogens (tertiary/aromatic N) is 1. The Morgan fingerprint density at radius 3 is 2.68 bits per heavy atom. The summed E-state index contributed by atoms with van der Waals surface area (Å²) in [5.74, 6) is 0.594. The number of hydrogen-bond acceptors (Lipinski definition) is 3. The van der Waals surface area contributed by atoms with E-state index in [9.17, 15) is 4.39 Å². The van der Waals surface area contributed by atoms with Crippen molar-refractivity contribution in [2.24, 2.45) is 0 Å². The lowest BCUT2D eigenvalue weighted by atomic mass is 10.1. The van der Waals surface area contributed by atoms with Crippen LogP contribution in [0.1, 0.15) is 30.9 Å². The Labute approximate surface area is 149 Å². The summed E-state index contributed by atoms with van der Waals surface area (Å²) in [6.45, 7) is 6.57. The van der Waals surface area contributed by atoms with Gasteiger partial charge in [-0.2, -0.15) is 0 Å². The molecular formula is C21H27FN2O. The fraction of sp³-hybridized carbons (Fsp3) is 0.429. The van der Waals surface area contributed by atoms with Crippen LogP contribution >= 0.6 is 0 Å². The van der Waals surface area contributed by atoms with Crippen molar-refractivity contribution in [1.29, 1.82) is 0 Å². The summed E-state index contributed by atoms with van der Waals surface area (Å²) < 4.78 is 19.6. The Morgan fingerprint density at radius 2 is 1.88 bits per heavy atom. The van der Waals surface area contributed by atoms with Gasteiger partial charge in [0.15, 0.2) is 0 Å². The summed E-state index contributed by atoms with van der Waals surface area (Å²) in [5.41, 5.74) is 1.69. The van der Waals surface area contributed by atoms with E-state index in [-0.39, 0.29) is 12.4 Å². The van der Waals surface area contributed by atoms with Crippen LogP contribution in [0.15, 0.2) is 48.5 Å². The molecule has 25 heavy (non-hydrogen) atoms. The van der Waals surface area contributed by atoms with Crippen molar-refractivity contribution in [2.75, 3.05) is 19.6 Å². The Hall–Kier alpha value is -1.91. The molecule has 0 spiro atoms. The maximum Gasteiger partial charge on any atom is 0.129 e. The number of hydrogen-bond donors (Lipinski definition) is 1. The third kappa shape index (κ3) is 4.80. The van der Waals surface area contributed by atoms with Crippen molar-refractivity contribution < 1.29 is 9.13 Å². The second-order valence-corrected chi connectivity index (χ2v) is 6.54. The molecule has 1 aliphatic heterocycles. The summed E-state index contributed by atoms with van der Waals surface area (Å²) in [5, 5.41) is 3.56. The van der Waals surface area contributed by atoms with E-state index < -0.39 is 0 Å². The quantitative estimate of drug-likeness (QED) is 0.785. The minimum absolute atomic E-state index is 0.223. The summed E-state index contributed by atoms with van der Waals surface area (Å²) in [7, 11) is 0. The zero-order valence-electron chi connectivity index (χ0n) is 14.9. The number of halogens is 1.